The number of carboxylic acids is 1. The molecule has 0 spiro atoms. The average molecular weight is 572 g/mol. The summed E-state index contributed by atoms with van der Waals surface area (Å²) in [7, 11) is 0. The molecule has 2 aliphatic rings. The van der Waals surface area contributed by atoms with Crippen LogP contribution in [0.15, 0.2) is 48.5 Å². The maximum atomic E-state index is 14.2. The van der Waals surface area contributed by atoms with Crippen molar-refractivity contribution in [1.29, 1.82) is 5.26 Å². The fourth-order valence-corrected chi connectivity index (χ4v) is 4.93. The van der Waals surface area contributed by atoms with Crippen LogP contribution in [0.3, 0.4) is 0 Å². The molecule has 6 rings (SSSR count). The molecule has 0 saturated carbocycles. The predicted molar refractivity (Wildman–Crippen MR) is 146 cm³/mol. The monoisotopic (exact) mass is 571 g/mol. The maximum absolute atomic E-state index is 14.2. The number of aromatic carboxylic acids is 1. The number of carbonyl (C=O) groups excluding carboxylic acids is 1. The molecule has 2 fully saturated rings. The van der Waals surface area contributed by atoms with Gasteiger partial charge in [-0.2, -0.15) is 10.2 Å². The third-order valence-corrected chi connectivity index (χ3v) is 7.28. The number of pyridine rings is 2. The van der Waals surface area contributed by atoms with Crippen LogP contribution in [0.4, 0.5) is 10.2 Å². The zero-order valence-corrected chi connectivity index (χ0v) is 22.4. The number of aromatic nitrogens is 4. The molecule has 0 aliphatic carbocycles. The number of piperazine rings is 1. The van der Waals surface area contributed by atoms with E-state index in [4.69, 9.17) is 19.7 Å². The fraction of sp³-hybridized carbons (Fsp3) is 0.310. The number of hydrogen-bond donors (Lipinski definition) is 1. The summed E-state index contributed by atoms with van der Waals surface area (Å²) in [6.45, 7) is 2.53. The molecule has 0 bridgehead atoms. The van der Waals surface area contributed by atoms with E-state index in [1.165, 1.54) is 18.2 Å². The number of halogens is 1. The molecule has 0 radical (unpaired) electrons. The average Bonchev–Trinajstić information content (AvgIpc) is 3.30. The molecule has 3 aromatic heterocycles. The fourth-order valence-electron chi connectivity index (χ4n) is 4.93. The summed E-state index contributed by atoms with van der Waals surface area (Å²) in [4.78, 5) is 41.7. The molecular formula is C29H26FN7O5. The summed E-state index contributed by atoms with van der Waals surface area (Å²) in [5.41, 5.74) is 1.51. The first-order valence-electron chi connectivity index (χ1n) is 13.4. The zero-order chi connectivity index (χ0) is 29.2. The number of carboxylic acid groups (broad SMARTS) is 1. The Morgan fingerprint density at radius 3 is 2.74 bits per heavy atom. The summed E-state index contributed by atoms with van der Waals surface area (Å²) in [6, 6.07) is 14.2. The van der Waals surface area contributed by atoms with Crippen LogP contribution in [-0.2, 0) is 29.2 Å². The molecule has 0 unspecified atom stereocenters. The van der Waals surface area contributed by atoms with E-state index in [2.05, 4.69) is 9.97 Å². The van der Waals surface area contributed by atoms with Crippen molar-refractivity contribution in [2.75, 3.05) is 31.1 Å². The Morgan fingerprint density at radius 1 is 1.17 bits per heavy atom. The Hall–Kier alpha value is -4.93. The summed E-state index contributed by atoms with van der Waals surface area (Å²) in [5, 5.41) is 18.3. The van der Waals surface area contributed by atoms with Gasteiger partial charge in [-0.05, 0) is 36.8 Å². The van der Waals surface area contributed by atoms with Crippen LogP contribution in [0.1, 0.15) is 33.9 Å². The Labute approximate surface area is 239 Å². The van der Waals surface area contributed by atoms with E-state index in [-0.39, 0.29) is 47.9 Å². The Balaban J connectivity index is 1.13. The minimum absolute atomic E-state index is 0.00360. The molecule has 42 heavy (non-hydrogen) atoms. The summed E-state index contributed by atoms with van der Waals surface area (Å²) in [5.74, 6) is -0.454. The van der Waals surface area contributed by atoms with Gasteiger partial charge < -0.3 is 19.1 Å². The van der Waals surface area contributed by atoms with E-state index in [1.54, 1.807) is 29.2 Å². The third kappa shape index (κ3) is 5.63. The van der Waals surface area contributed by atoms with E-state index in [9.17, 15) is 19.1 Å². The van der Waals surface area contributed by atoms with Crippen molar-refractivity contribution in [3.8, 4) is 11.9 Å². The van der Waals surface area contributed by atoms with Crippen molar-refractivity contribution >= 4 is 28.9 Å². The molecule has 1 N–H and O–H groups in total. The number of anilines is 1. The number of amides is 1. The molecule has 214 valence electrons. The van der Waals surface area contributed by atoms with Crippen molar-refractivity contribution in [3.63, 3.8) is 0 Å². The highest BCUT2D eigenvalue weighted by Gasteiger charge is 2.29. The first-order valence-corrected chi connectivity index (χ1v) is 13.4. The predicted octanol–water partition coefficient (Wildman–Crippen LogP) is 2.75. The molecule has 1 amide bonds. The molecular weight excluding hydrogens is 545 g/mol. The van der Waals surface area contributed by atoms with Gasteiger partial charge in [-0.1, -0.05) is 12.1 Å². The second kappa shape index (κ2) is 11.5. The SMILES string of the molecule is N#Cc1ccc(COc2cccc(N3CCN(Cc4nc5ccc(C(=O)O)nc5n4C[C@@H]4CCO4)CC3=O)n2)c(F)c1. The van der Waals surface area contributed by atoms with Crippen LogP contribution < -0.4 is 9.64 Å². The van der Waals surface area contributed by atoms with Crippen LogP contribution in [0.25, 0.3) is 11.2 Å². The number of imidazole rings is 1. The van der Waals surface area contributed by atoms with Crippen molar-refractivity contribution in [2.24, 2.45) is 0 Å². The molecule has 13 heteroatoms. The van der Waals surface area contributed by atoms with Gasteiger partial charge in [0, 0.05) is 31.3 Å². The highest BCUT2D eigenvalue weighted by Crippen LogP contribution is 2.24. The normalized spacial score (nSPS) is 17.2. The molecule has 1 aromatic carbocycles. The zero-order valence-electron chi connectivity index (χ0n) is 22.4. The van der Waals surface area contributed by atoms with Crippen molar-refractivity contribution in [3.05, 3.63) is 77.0 Å². The third-order valence-electron chi connectivity index (χ3n) is 7.28. The Bertz CT molecular complexity index is 1710. The number of nitrogens with zero attached hydrogens (tertiary/aromatic N) is 7. The first kappa shape index (κ1) is 27.3. The van der Waals surface area contributed by atoms with Gasteiger partial charge in [0.1, 0.15) is 29.6 Å². The molecule has 1 atom stereocenters. The maximum Gasteiger partial charge on any atom is 0.354 e. The molecule has 2 aliphatic heterocycles. The van der Waals surface area contributed by atoms with Crippen LogP contribution in [-0.4, -0.2) is 73.7 Å². The van der Waals surface area contributed by atoms with Gasteiger partial charge in [-0.15, -0.1) is 0 Å². The highest BCUT2D eigenvalue weighted by atomic mass is 19.1. The van der Waals surface area contributed by atoms with Gasteiger partial charge in [0.2, 0.25) is 11.8 Å². The van der Waals surface area contributed by atoms with Crippen LogP contribution >= 0.6 is 0 Å². The van der Waals surface area contributed by atoms with E-state index in [1.807, 2.05) is 15.5 Å². The van der Waals surface area contributed by atoms with E-state index < -0.39 is 11.8 Å². The Morgan fingerprint density at radius 2 is 2.02 bits per heavy atom. The van der Waals surface area contributed by atoms with Gasteiger partial charge in [0.25, 0.3) is 0 Å². The molecule has 2 saturated heterocycles. The van der Waals surface area contributed by atoms with Gasteiger partial charge in [0.05, 0.1) is 37.4 Å². The number of ether oxygens (including phenoxy) is 2. The lowest BCUT2D eigenvalue weighted by Gasteiger charge is -2.34. The minimum Gasteiger partial charge on any atom is -0.477 e. The minimum atomic E-state index is -1.11. The lowest BCUT2D eigenvalue weighted by molar-refractivity contribution is -0.121. The smallest absolute Gasteiger partial charge is 0.354 e. The number of benzene rings is 1. The van der Waals surface area contributed by atoms with Gasteiger partial charge in [-0.3, -0.25) is 14.6 Å². The van der Waals surface area contributed by atoms with Crippen LogP contribution in [0.2, 0.25) is 0 Å². The highest BCUT2D eigenvalue weighted by molar-refractivity contribution is 5.94. The standard InChI is InChI=1S/C29H26FN7O5/c30-21-12-18(13-31)4-5-19(21)17-42-26-3-1-2-24(34-26)36-10-9-35(16-27(36)38)15-25-32-22-6-7-23(29(39)40)33-28(22)37(25)14-20-8-11-41-20/h1-7,12,20H,8-11,14-17H2,(H,39,40)/t20-/m0/s1. The quantitative estimate of drug-likeness (QED) is 0.318. The second-order valence-corrected chi connectivity index (χ2v) is 10.1. The van der Waals surface area contributed by atoms with Crippen molar-refractivity contribution in [2.45, 2.75) is 32.2 Å². The lowest BCUT2D eigenvalue weighted by atomic mass is 10.1. The molecule has 5 heterocycles. The number of rotatable bonds is 9. The van der Waals surface area contributed by atoms with Crippen molar-refractivity contribution in [1.82, 2.24) is 24.4 Å². The lowest BCUT2D eigenvalue weighted by Crippen LogP contribution is -2.50. The largest absolute Gasteiger partial charge is 0.477 e. The van der Waals surface area contributed by atoms with E-state index in [0.717, 1.165) is 12.5 Å². The number of hydrogen-bond acceptors (Lipinski definition) is 9. The van der Waals surface area contributed by atoms with Gasteiger partial charge >= 0.3 is 5.97 Å². The van der Waals surface area contributed by atoms with Gasteiger partial charge in [-0.25, -0.2) is 19.2 Å². The van der Waals surface area contributed by atoms with E-state index in [0.29, 0.717) is 55.6 Å². The number of carbonyl (C=O) groups is 2. The number of nitriles is 1. The summed E-state index contributed by atoms with van der Waals surface area (Å²) >= 11 is 0. The Kier molecular flexibility index (Phi) is 7.47. The van der Waals surface area contributed by atoms with Crippen LogP contribution in [0.5, 0.6) is 5.88 Å². The first-order chi connectivity index (χ1) is 20.4. The van der Waals surface area contributed by atoms with Crippen molar-refractivity contribution < 1.29 is 28.6 Å². The van der Waals surface area contributed by atoms with E-state index >= 15 is 0 Å². The van der Waals surface area contributed by atoms with Crippen LogP contribution in [0, 0.1) is 17.1 Å². The molecule has 12 nitrogen and oxygen atoms in total. The number of fused-ring (bicyclic) bond motifs is 1. The summed E-state index contributed by atoms with van der Waals surface area (Å²) < 4.78 is 27.4. The second-order valence-electron chi connectivity index (χ2n) is 10.1. The topological polar surface area (TPSA) is 147 Å². The molecule has 4 aromatic rings. The van der Waals surface area contributed by atoms with Gasteiger partial charge in [0.15, 0.2) is 11.3 Å². The summed E-state index contributed by atoms with van der Waals surface area (Å²) in [6.07, 6.45) is 0.900.